The zero-order valence-electron chi connectivity index (χ0n) is 10.2. The average molecular weight is 321 g/mol. The summed E-state index contributed by atoms with van der Waals surface area (Å²) < 4.78 is 1.49. The van der Waals surface area contributed by atoms with Crippen LogP contribution in [0.3, 0.4) is 0 Å². The Morgan fingerprint density at radius 2 is 2.22 bits per heavy atom. The Morgan fingerprint density at radius 3 is 2.72 bits per heavy atom. The van der Waals surface area contributed by atoms with Gasteiger partial charge in [0.25, 0.3) is 0 Å². The highest BCUT2D eigenvalue weighted by atomic mass is 35.5. The van der Waals surface area contributed by atoms with Crippen LogP contribution in [-0.2, 0) is 6.42 Å². The molecule has 2 nitrogen and oxygen atoms in total. The molecular weight excluding hydrogens is 307 g/mol. The van der Waals surface area contributed by atoms with E-state index >= 15 is 0 Å². The number of halogens is 2. The first kappa shape index (κ1) is 14.3. The van der Waals surface area contributed by atoms with Crippen molar-refractivity contribution in [3.8, 4) is 0 Å². The maximum Gasteiger partial charge on any atom is 0.0992 e. The molecule has 2 rings (SSSR count). The number of aryl methyl sites for hydroxylation is 1. The van der Waals surface area contributed by atoms with Crippen molar-refractivity contribution < 1.29 is 0 Å². The fourth-order valence-corrected chi connectivity index (χ4v) is 4.20. The highest BCUT2D eigenvalue weighted by Gasteiger charge is 2.18. The molecule has 2 aromatic rings. The van der Waals surface area contributed by atoms with Crippen molar-refractivity contribution in [3.05, 3.63) is 36.4 Å². The van der Waals surface area contributed by atoms with Crippen molar-refractivity contribution in [2.45, 2.75) is 26.3 Å². The van der Waals surface area contributed by atoms with Crippen molar-refractivity contribution in [3.63, 3.8) is 0 Å². The lowest BCUT2D eigenvalue weighted by atomic mass is 10.1. The van der Waals surface area contributed by atoms with E-state index in [0.717, 1.165) is 37.9 Å². The number of thiazole rings is 1. The minimum Gasteiger partial charge on any atom is -0.310 e. The first-order chi connectivity index (χ1) is 8.60. The third-order valence-corrected chi connectivity index (χ3v) is 5.06. The lowest BCUT2D eigenvalue weighted by Crippen LogP contribution is -2.22. The van der Waals surface area contributed by atoms with Crippen LogP contribution in [0, 0.1) is 6.92 Å². The topological polar surface area (TPSA) is 24.9 Å². The molecule has 1 atom stereocenters. The van der Waals surface area contributed by atoms with Gasteiger partial charge in [0.05, 0.1) is 13.7 Å². The van der Waals surface area contributed by atoms with Gasteiger partial charge in [-0.1, -0.05) is 30.1 Å². The van der Waals surface area contributed by atoms with E-state index < -0.39 is 0 Å². The first-order valence-corrected chi connectivity index (χ1v) is 8.14. The van der Waals surface area contributed by atoms with Crippen LogP contribution in [0.25, 0.3) is 0 Å². The van der Waals surface area contributed by atoms with Gasteiger partial charge in [0.1, 0.15) is 0 Å². The molecule has 1 unspecified atom stereocenters. The van der Waals surface area contributed by atoms with Crippen LogP contribution in [0.5, 0.6) is 0 Å². The van der Waals surface area contributed by atoms with Gasteiger partial charge in [-0.3, -0.25) is 0 Å². The number of hydrogen-bond donors (Lipinski definition) is 1. The summed E-state index contributed by atoms with van der Waals surface area (Å²) in [4.78, 5) is 4.50. The second-order valence-corrected chi connectivity index (χ2v) is 7.20. The summed E-state index contributed by atoms with van der Waals surface area (Å²) in [6.07, 6.45) is 0.846. The van der Waals surface area contributed by atoms with Crippen molar-refractivity contribution in [2.75, 3.05) is 6.54 Å². The minimum absolute atomic E-state index is 0.178. The normalized spacial score (nSPS) is 12.9. The fourth-order valence-electron chi connectivity index (χ4n) is 1.80. The predicted molar refractivity (Wildman–Crippen MR) is 81.3 cm³/mol. The maximum atomic E-state index is 6.22. The Morgan fingerprint density at radius 1 is 1.44 bits per heavy atom. The van der Waals surface area contributed by atoms with Gasteiger partial charge in [0, 0.05) is 29.1 Å². The van der Waals surface area contributed by atoms with Crippen LogP contribution in [-0.4, -0.2) is 11.5 Å². The Kier molecular flexibility index (Phi) is 5.04. The highest BCUT2D eigenvalue weighted by Crippen LogP contribution is 2.36. The van der Waals surface area contributed by atoms with Crippen molar-refractivity contribution in [2.24, 2.45) is 0 Å². The molecular formula is C12H14Cl2N2S2. The fraction of sp³-hybridized carbons (Fsp3) is 0.417. The number of thiophene rings is 1. The molecule has 0 spiro atoms. The molecule has 0 radical (unpaired) electrons. The van der Waals surface area contributed by atoms with Crippen LogP contribution in [0.15, 0.2) is 11.4 Å². The molecule has 0 aliphatic rings. The molecule has 98 valence electrons. The lowest BCUT2D eigenvalue weighted by molar-refractivity contribution is 0.550. The molecule has 1 N–H and O–H groups in total. The largest absolute Gasteiger partial charge is 0.310 e. The molecule has 0 amide bonds. The Hall–Kier alpha value is -0.130. The number of nitrogens with zero attached hydrogens (tertiary/aromatic N) is 1. The molecule has 2 aromatic heterocycles. The molecule has 0 aromatic carbocycles. The molecule has 2 heterocycles. The maximum absolute atomic E-state index is 6.22. The molecule has 0 fully saturated rings. The van der Waals surface area contributed by atoms with Crippen LogP contribution in [0.1, 0.15) is 29.2 Å². The zero-order valence-corrected chi connectivity index (χ0v) is 13.3. The summed E-state index contributed by atoms with van der Waals surface area (Å²) in [6.45, 7) is 4.98. The molecule has 6 heteroatoms. The Bertz CT molecular complexity index is 522. The summed E-state index contributed by atoms with van der Waals surface area (Å²) in [7, 11) is 0. The molecule has 0 aliphatic carbocycles. The summed E-state index contributed by atoms with van der Waals surface area (Å²) in [5, 5.41) is 6.63. The number of nitrogens with one attached hydrogen (secondary N) is 1. The third-order valence-electron chi connectivity index (χ3n) is 2.55. The van der Waals surface area contributed by atoms with Crippen molar-refractivity contribution in [1.29, 1.82) is 0 Å². The van der Waals surface area contributed by atoms with E-state index in [4.69, 9.17) is 23.2 Å². The van der Waals surface area contributed by atoms with Crippen LogP contribution < -0.4 is 5.32 Å². The third kappa shape index (κ3) is 3.45. The highest BCUT2D eigenvalue weighted by molar-refractivity contribution is 7.20. The summed E-state index contributed by atoms with van der Waals surface area (Å²) in [5.74, 6) is 0. The van der Waals surface area contributed by atoms with E-state index in [1.54, 1.807) is 11.3 Å². The number of hydrogen-bond acceptors (Lipinski definition) is 4. The van der Waals surface area contributed by atoms with Gasteiger partial charge in [-0.2, -0.15) is 0 Å². The monoisotopic (exact) mass is 320 g/mol. The van der Waals surface area contributed by atoms with E-state index in [1.165, 1.54) is 11.3 Å². The molecule has 0 bridgehead atoms. The van der Waals surface area contributed by atoms with Gasteiger partial charge in [-0.05, 0) is 19.5 Å². The second kappa shape index (κ2) is 6.35. The van der Waals surface area contributed by atoms with Crippen LogP contribution in [0.4, 0.5) is 0 Å². The van der Waals surface area contributed by atoms with Gasteiger partial charge in [-0.25, -0.2) is 4.98 Å². The Balaban J connectivity index is 2.20. The smallest absolute Gasteiger partial charge is 0.0992 e. The summed E-state index contributed by atoms with van der Waals surface area (Å²) in [6, 6.07) is 2.12. The minimum atomic E-state index is 0.178. The number of rotatable bonds is 5. The van der Waals surface area contributed by atoms with E-state index in [2.05, 4.69) is 22.6 Å². The van der Waals surface area contributed by atoms with Crippen LogP contribution >= 0.6 is 45.9 Å². The lowest BCUT2D eigenvalue weighted by Gasteiger charge is -2.16. The van der Waals surface area contributed by atoms with Gasteiger partial charge in [-0.15, -0.1) is 22.7 Å². The predicted octanol–water partition coefficient (Wildman–Crippen LogP) is 4.71. The summed E-state index contributed by atoms with van der Waals surface area (Å²) >= 11 is 15.3. The van der Waals surface area contributed by atoms with Gasteiger partial charge < -0.3 is 5.32 Å². The van der Waals surface area contributed by atoms with Crippen molar-refractivity contribution >= 4 is 45.9 Å². The number of likely N-dealkylation sites (N-methyl/N-ethyl adjacent to an activating group) is 1. The number of aromatic nitrogens is 1. The van der Waals surface area contributed by atoms with E-state index in [1.807, 2.05) is 13.0 Å². The van der Waals surface area contributed by atoms with E-state index in [9.17, 15) is 0 Å². The quantitative estimate of drug-likeness (QED) is 0.862. The molecule has 0 aliphatic heterocycles. The standard InChI is InChI=1S/C12H14Cl2N2S2/c1-3-15-9(5-11-16-7(2)6-17-11)8-4-10(13)18-12(8)14/h4,6,9,15H,3,5H2,1-2H3. The average Bonchev–Trinajstić information content (AvgIpc) is 2.84. The molecule has 18 heavy (non-hydrogen) atoms. The van der Waals surface area contributed by atoms with Gasteiger partial charge in [0.15, 0.2) is 0 Å². The first-order valence-electron chi connectivity index (χ1n) is 5.69. The van der Waals surface area contributed by atoms with E-state index in [0.29, 0.717) is 0 Å². The van der Waals surface area contributed by atoms with Crippen molar-refractivity contribution in [1.82, 2.24) is 10.3 Å². The van der Waals surface area contributed by atoms with Gasteiger partial charge >= 0.3 is 0 Å². The Labute approximate surface area is 125 Å². The molecule has 0 saturated carbocycles. The molecule has 0 saturated heterocycles. The van der Waals surface area contributed by atoms with Crippen LogP contribution in [0.2, 0.25) is 8.67 Å². The van der Waals surface area contributed by atoms with E-state index in [-0.39, 0.29) is 6.04 Å². The SMILES string of the molecule is CCNC(Cc1nc(C)cs1)c1cc(Cl)sc1Cl. The van der Waals surface area contributed by atoms with Gasteiger partial charge in [0.2, 0.25) is 0 Å². The summed E-state index contributed by atoms with van der Waals surface area (Å²) in [5.41, 5.74) is 2.14. The second-order valence-electron chi connectivity index (χ2n) is 3.98. The zero-order chi connectivity index (χ0) is 13.1.